The fourth-order valence-corrected chi connectivity index (χ4v) is 3.78. The van der Waals surface area contributed by atoms with E-state index in [1.807, 2.05) is 23.7 Å². The molecule has 0 amide bonds. The molecular formula is C16H16N4S. The van der Waals surface area contributed by atoms with Crippen molar-refractivity contribution in [2.75, 3.05) is 5.32 Å². The van der Waals surface area contributed by atoms with E-state index >= 15 is 0 Å². The van der Waals surface area contributed by atoms with Gasteiger partial charge in [0.05, 0.1) is 18.4 Å². The van der Waals surface area contributed by atoms with Crippen LogP contribution in [-0.2, 0) is 19.4 Å². The van der Waals surface area contributed by atoms with Crippen molar-refractivity contribution < 1.29 is 0 Å². The summed E-state index contributed by atoms with van der Waals surface area (Å²) >= 11 is 1.86. The van der Waals surface area contributed by atoms with Crippen molar-refractivity contribution in [3.8, 4) is 11.1 Å². The molecule has 0 spiro atoms. The highest BCUT2D eigenvalue weighted by Gasteiger charge is 2.16. The zero-order chi connectivity index (χ0) is 14.1. The maximum Gasteiger partial charge on any atom is 0.112 e. The average Bonchev–Trinajstić information content (AvgIpc) is 3.22. The van der Waals surface area contributed by atoms with Crippen molar-refractivity contribution in [1.29, 1.82) is 0 Å². The molecule has 1 aromatic carbocycles. The van der Waals surface area contributed by atoms with Crippen LogP contribution in [-0.4, -0.2) is 15.2 Å². The van der Waals surface area contributed by atoms with Crippen LogP contribution in [0.2, 0.25) is 0 Å². The normalized spacial score (nSPS) is 13.3. The molecule has 0 saturated heterocycles. The van der Waals surface area contributed by atoms with Gasteiger partial charge in [0, 0.05) is 22.3 Å². The molecule has 2 heterocycles. The zero-order valence-electron chi connectivity index (χ0n) is 11.6. The molecule has 2 N–H and O–H groups in total. The molecule has 0 unspecified atom stereocenters. The summed E-state index contributed by atoms with van der Waals surface area (Å²) in [5.41, 5.74) is 4.73. The van der Waals surface area contributed by atoms with Crippen molar-refractivity contribution in [2.45, 2.75) is 25.8 Å². The molecular weight excluding hydrogens is 280 g/mol. The Balaban J connectivity index is 1.42. The first kappa shape index (κ1) is 12.6. The molecule has 106 valence electrons. The van der Waals surface area contributed by atoms with E-state index in [9.17, 15) is 0 Å². The molecule has 0 fully saturated rings. The maximum absolute atomic E-state index is 4.71. The largest absolute Gasteiger partial charge is 0.379 e. The number of nitrogens with one attached hydrogen (secondary N) is 2. The Hall–Kier alpha value is -2.14. The number of aromatic nitrogens is 3. The first-order valence-corrected chi connectivity index (χ1v) is 8.01. The zero-order valence-corrected chi connectivity index (χ0v) is 12.4. The number of hydrogen-bond acceptors (Lipinski definition) is 4. The summed E-state index contributed by atoms with van der Waals surface area (Å²) < 4.78 is 0. The van der Waals surface area contributed by atoms with Crippen LogP contribution in [0.5, 0.6) is 0 Å². The van der Waals surface area contributed by atoms with E-state index in [4.69, 9.17) is 4.98 Å². The number of rotatable bonds is 4. The van der Waals surface area contributed by atoms with Crippen molar-refractivity contribution in [3.05, 3.63) is 52.2 Å². The number of fused-ring (bicyclic) bond motifs is 1. The number of anilines is 1. The second kappa shape index (κ2) is 5.33. The Labute approximate surface area is 127 Å². The van der Waals surface area contributed by atoms with Crippen LogP contribution >= 0.6 is 11.3 Å². The molecule has 0 bridgehead atoms. The van der Waals surface area contributed by atoms with Gasteiger partial charge in [-0.3, -0.25) is 5.10 Å². The van der Waals surface area contributed by atoms with Gasteiger partial charge in [0.2, 0.25) is 0 Å². The minimum absolute atomic E-state index is 0.808. The van der Waals surface area contributed by atoms with Gasteiger partial charge in [0.15, 0.2) is 0 Å². The van der Waals surface area contributed by atoms with E-state index in [0.717, 1.165) is 24.2 Å². The van der Waals surface area contributed by atoms with Gasteiger partial charge in [-0.2, -0.15) is 5.10 Å². The molecule has 1 aliphatic carbocycles. The molecule has 0 aliphatic heterocycles. The lowest BCUT2D eigenvalue weighted by atomic mass is 10.1. The van der Waals surface area contributed by atoms with Crippen LogP contribution in [0.4, 0.5) is 5.69 Å². The molecule has 21 heavy (non-hydrogen) atoms. The number of hydrogen-bond donors (Lipinski definition) is 2. The van der Waals surface area contributed by atoms with Crippen LogP contribution in [0.1, 0.15) is 22.0 Å². The third kappa shape index (κ3) is 2.56. The van der Waals surface area contributed by atoms with E-state index in [-0.39, 0.29) is 0 Å². The third-order valence-electron chi connectivity index (χ3n) is 3.80. The van der Waals surface area contributed by atoms with Gasteiger partial charge in [-0.15, -0.1) is 11.3 Å². The standard InChI is InChI=1S/C16H16N4S/c1-2-14-15(3-1)21-16(20-14)10-17-13-6-4-11(5-7-13)12-8-18-19-9-12/h4-9,17H,1-3,10H2,(H,18,19). The van der Waals surface area contributed by atoms with Crippen molar-refractivity contribution in [3.63, 3.8) is 0 Å². The lowest BCUT2D eigenvalue weighted by molar-refractivity contribution is 0.891. The molecule has 0 saturated carbocycles. The molecule has 5 heteroatoms. The highest BCUT2D eigenvalue weighted by molar-refractivity contribution is 7.11. The van der Waals surface area contributed by atoms with Gasteiger partial charge in [-0.25, -0.2) is 4.98 Å². The van der Waals surface area contributed by atoms with Gasteiger partial charge >= 0.3 is 0 Å². The highest BCUT2D eigenvalue weighted by atomic mass is 32.1. The quantitative estimate of drug-likeness (QED) is 0.773. The van der Waals surface area contributed by atoms with Crippen LogP contribution in [0.25, 0.3) is 11.1 Å². The van der Waals surface area contributed by atoms with E-state index in [2.05, 4.69) is 39.8 Å². The number of thiazole rings is 1. The molecule has 0 radical (unpaired) electrons. The van der Waals surface area contributed by atoms with E-state index in [0.29, 0.717) is 0 Å². The van der Waals surface area contributed by atoms with Gasteiger partial charge in [0.25, 0.3) is 0 Å². The molecule has 3 aromatic rings. The van der Waals surface area contributed by atoms with Gasteiger partial charge in [0.1, 0.15) is 5.01 Å². The summed E-state index contributed by atoms with van der Waals surface area (Å²) in [7, 11) is 0. The first-order valence-electron chi connectivity index (χ1n) is 7.19. The minimum atomic E-state index is 0.808. The highest BCUT2D eigenvalue weighted by Crippen LogP contribution is 2.28. The Morgan fingerprint density at radius 1 is 1.14 bits per heavy atom. The van der Waals surface area contributed by atoms with Crippen LogP contribution in [0.3, 0.4) is 0 Å². The van der Waals surface area contributed by atoms with Crippen molar-refractivity contribution >= 4 is 17.0 Å². The van der Waals surface area contributed by atoms with Crippen LogP contribution in [0.15, 0.2) is 36.7 Å². The Bertz CT molecular complexity index is 707. The summed E-state index contributed by atoms with van der Waals surface area (Å²) in [4.78, 5) is 6.20. The fraction of sp³-hybridized carbons (Fsp3) is 0.250. The molecule has 2 aromatic heterocycles. The minimum Gasteiger partial charge on any atom is -0.379 e. The molecule has 4 nitrogen and oxygen atoms in total. The predicted octanol–water partition coefficient (Wildman–Crippen LogP) is 3.63. The van der Waals surface area contributed by atoms with Gasteiger partial charge in [-0.05, 0) is 37.0 Å². The average molecular weight is 296 g/mol. The lowest BCUT2D eigenvalue weighted by Gasteiger charge is -2.05. The smallest absolute Gasteiger partial charge is 0.112 e. The van der Waals surface area contributed by atoms with Crippen molar-refractivity contribution in [2.24, 2.45) is 0 Å². The second-order valence-electron chi connectivity index (χ2n) is 5.25. The number of benzene rings is 1. The number of aromatic amines is 1. The maximum atomic E-state index is 4.71. The van der Waals surface area contributed by atoms with E-state index in [1.54, 1.807) is 0 Å². The SMILES string of the molecule is c1cc(-c2cn[nH]c2)ccc1NCc1nc2c(s1)CCC2. The summed E-state index contributed by atoms with van der Waals surface area (Å²) in [5.74, 6) is 0. The molecule has 1 aliphatic rings. The van der Waals surface area contributed by atoms with Crippen molar-refractivity contribution in [1.82, 2.24) is 15.2 Å². The summed E-state index contributed by atoms with van der Waals surface area (Å²) in [6.45, 7) is 0.808. The predicted molar refractivity (Wildman–Crippen MR) is 85.5 cm³/mol. The number of aryl methyl sites for hydroxylation is 2. The fourth-order valence-electron chi connectivity index (χ4n) is 2.69. The Morgan fingerprint density at radius 2 is 2.05 bits per heavy atom. The number of H-pyrrole nitrogens is 1. The Morgan fingerprint density at radius 3 is 2.81 bits per heavy atom. The summed E-state index contributed by atoms with van der Waals surface area (Å²) in [6, 6.07) is 8.41. The third-order valence-corrected chi connectivity index (χ3v) is 4.96. The van der Waals surface area contributed by atoms with Crippen LogP contribution < -0.4 is 5.32 Å². The van der Waals surface area contributed by atoms with Gasteiger partial charge < -0.3 is 5.32 Å². The Kier molecular flexibility index (Phi) is 3.20. The lowest BCUT2D eigenvalue weighted by Crippen LogP contribution is -1.99. The second-order valence-corrected chi connectivity index (χ2v) is 6.42. The van der Waals surface area contributed by atoms with E-state index in [1.165, 1.54) is 34.0 Å². The molecule has 4 rings (SSSR count). The number of nitrogens with zero attached hydrogens (tertiary/aromatic N) is 2. The molecule has 0 atom stereocenters. The topological polar surface area (TPSA) is 53.6 Å². The summed E-state index contributed by atoms with van der Waals surface area (Å²) in [6.07, 6.45) is 7.38. The van der Waals surface area contributed by atoms with Gasteiger partial charge in [-0.1, -0.05) is 12.1 Å². The monoisotopic (exact) mass is 296 g/mol. The van der Waals surface area contributed by atoms with Crippen LogP contribution in [0, 0.1) is 0 Å². The van der Waals surface area contributed by atoms with E-state index < -0.39 is 0 Å². The first-order chi connectivity index (χ1) is 10.4. The summed E-state index contributed by atoms with van der Waals surface area (Å²) in [5, 5.41) is 11.4.